The fraction of sp³-hybridized carbons (Fsp3) is 0.875. The van der Waals surface area contributed by atoms with E-state index in [0.29, 0.717) is 0 Å². The predicted octanol–water partition coefficient (Wildman–Crippen LogP) is 6.87. The first-order valence-corrected chi connectivity index (χ1v) is 12.9. The fourth-order valence-corrected chi connectivity index (χ4v) is 6.69. The highest BCUT2D eigenvalue weighted by molar-refractivity contribution is 7.48. The SMILES string of the molecule is CC(C)C(C#N)(OP(=O)(OC(C#N)(C(C)C)C(C)C)OC(C#N)(C(C)C)C(C)C)C(C)C. The summed E-state index contributed by atoms with van der Waals surface area (Å²) in [5.41, 5.74) is -4.54. The first-order valence-electron chi connectivity index (χ1n) is 11.4. The van der Waals surface area contributed by atoms with E-state index >= 15 is 0 Å². The van der Waals surface area contributed by atoms with Crippen molar-refractivity contribution in [1.82, 2.24) is 0 Å². The van der Waals surface area contributed by atoms with Gasteiger partial charge in [0.25, 0.3) is 0 Å². The molecule has 0 aromatic rings. The van der Waals surface area contributed by atoms with Crippen LogP contribution in [0, 0.1) is 69.5 Å². The van der Waals surface area contributed by atoms with Gasteiger partial charge in [0.05, 0.1) is 18.2 Å². The van der Waals surface area contributed by atoms with E-state index in [4.69, 9.17) is 13.6 Å². The highest BCUT2D eigenvalue weighted by Gasteiger charge is 2.56. The summed E-state index contributed by atoms with van der Waals surface area (Å²) in [6.45, 7) is 21.5. The van der Waals surface area contributed by atoms with Crippen LogP contribution in [0.2, 0.25) is 0 Å². The summed E-state index contributed by atoms with van der Waals surface area (Å²) < 4.78 is 32.6. The molecule has 0 spiro atoms. The van der Waals surface area contributed by atoms with E-state index in [9.17, 15) is 20.4 Å². The number of rotatable bonds is 12. The van der Waals surface area contributed by atoms with E-state index in [2.05, 4.69) is 18.2 Å². The molecule has 0 aliphatic heterocycles. The molecule has 182 valence electrons. The van der Waals surface area contributed by atoms with E-state index in [-0.39, 0.29) is 35.5 Å². The largest absolute Gasteiger partial charge is 0.479 e. The first kappa shape index (κ1) is 30.6. The van der Waals surface area contributed by atoms with Gasteiger partial charge in [-0.05, 0) is 35.5 Å². The minimum atomic E-state index is -4.62. The second-order valence-electron chi connectivity index (χ2n) is 10.4. The van der Waals surface area contributed by atoms with Crippen molar-refractivity contribution in [2.45, 2.75) is 99.9 Å². The molecular weight excluding hydrogens is 425 g/mol. The maximum Gasteiger partial charge on any atom is 0.479 e. The number of hydrogen-bond acceptors (Lipinski definition) is 7. The normalized spacial score (nSPS) is 13.8. The lowest BCUT2D eigenvalue weighted by molar-refractivity contribution is -0.0896. The van der Waals surface area contributed by atoms with Crippen molar-refractivity contribution < 1.29 is 18.1 Å². The summed E-state index contributed by atoms with van der Waals surface area (Å²) in [6, 6.07) is 6.52. The summed E-state index contributed by atoms with van der Waals surface area (Å²) in [5, 5.41) is 30.3. The molecule has 0 N–H and O–H groups in total. The average molecular weight is 468 g/mol. The molecule has 0 bridgehead atoms. The third kappa shape index (κ3) is 5.73. The monoisotopic (exact) mass is 467 g/mol. The molecule has 0 saturated heterocycles. The molecule has 32 heavy (non-hydrogen) atoms. The van der Waals surface area contributed by atoms with Crippen LogP contribution in [0.4, 0.5) is 0 Å². The molecule has 8 heteroatoms. The summed E-state index contributed by atoms with van der Waals surface area (Å²) in [5.74, 6) is -2.18. The molecule has 0 aliphatic rings. The Morgan fingerprint density at radius 3 is 0.750 bits per heavy atom. The number of phosphoric acid groups is 1. The molecule has 0 unspecified atom stereocenters. The number of hydrogen-bond donors (Lipinski definition) is 0. The van der Waals surface area contributed by atoms with Crippen molar-refractivity contribution in [2.75, 3.05) is 0 Å². The molecule has 0 fully saturated rings. The Bertz CT molecular complexity index is 669. The Kier molecular flexibility index (Phi) is 10.6. The molecule has 0 aromatic carbocycles. The van der Waals surface area contributed by atoms with Crippen molar-refractivity contribution >= 4 is 7.82 Å². The predicted molar refractivity (Wildman–Crippen MR) is 125 cm³/mol. The minimum Gasteiger partial charge on any atom is -0.264 e. The van der Waals surface area contributed by atoms with Crippen LogP contribution in [0.1, 0.15) is 83.1 Å². The number of nitriles is 3. The summed E-state index contributed by atoms with van der Waals surface area (Å²) in [4.78, 5) is 0. The zero-order valence-electron chi connectivity index (χ0n) is 21.9. The maximum atomic E-state index is 14.4. The second-order valence-corrected chi connectivity index (χ2v) is 11.8. The van der Waals surface area contributed by atoms with Gasteiger partial charge in [-0.25, -0.2) is 4.57 Å². The Balaban J connectivity index is 7.07. The smallest absolute Gasteiger partial charge is 0.264 e. The van der Waals surface area contributed by atoms with Gasteiger partial charge in [0.15, 0.2) is 16.8 Å². The van der Waals surface area contributed by atoms with Gasteiger partial charge < -0.3 is 0 Å². The lowest BCUT2D eigenvalue weighted by atomic mass is 9.82. The molecule has 0 aromatic heterocycles. The van der Waals surface area contributed by atoms with Crippen molar-refractivity contribution in [3.05, 3.63) is 0 Å². The van der Waals surface area contributed by atoms with Crippen molar-refractivity contribution in [1.29, 1.82) is 15.8 Å². The third-order valence-corrected chi connectivity index (χ3v) is 8.04. The third-order valence-electron chi connectivity index (χ3n) is 6.46. The van der Waals surface area contributed by atoms with Crippen LogP contribution >= 0.6 is 7.82 Å². The van der Waals surface area contributed by atoms with Crippen molar-refractivity contribution in [2.24, 2.45) is 35.5 Å². The summed E-state index contributed by atoms with van der Waals surface area (Å²) >= 11 is 0. The molecule has 0 heterocycles. The zero-order valence-corrected chi connectivity index (χ0v) is 22.8. The fourth-order valence-electron chi connectivity index (χ4n) is 4.08. The van der Waals surface area contributed by atoms with Crippen LogP contribution in [0.25, 0.3) is 0 Å². The molecule has 7 nitrogen and oxygen atoms in total. The molecule has 0 aliphatic carbocycles. The van der Waals surface area contributed by atoms with Crippen LogP contribution in [0.5, 0.6) is 0 Å². The van der Waals surface area contributed by atoms with Gasteiger partial charge in [0.1, 0.15) is 0 Å². The van der Waals surface area contributed by atoms with Crippen LogP contribution in [-0.2, 0) is 18.1 Å². The van der Waals surface area contributed by atoms with Gasteiger partial charge in [-0.3, -0.25) is 13.6 Å². The summed E-state index contributed by atoms with van der Waals surface area (Å²) in [6.07, 6.45) is 0. The van der Waals surface area contributed by atoms with Crippen LogP contribution < -0.4 is 0 Å². The second kappa shape index (κ2) is 11.1. The van der Waals surface area contributed by atoms with Crippen LogP contribution in [0.3, 0.4) is 0 Å². The van der Waals surface area contributed by atoms with Crippen molar-refractivity contribution in [3.8, 4) is 18.2 Å². The maximum absolute atomic E-state index is 14.4. The number of nitrogens with zero attached hydrogens (tertiary/aromatic N) is 3. The zero-order chi connectivity index (χ0) is 25.7. The molecule has 0 radical (unpaired) electrons. The average Bonchev–Trinajstić information content (AvgIpc) is 2.67. The van der Waals surface area contributed by atoms with E-state index in [1.54, 1.807) is 83.1 Å². The van der Waals surface area contributed by atoms with Gasteiger partial charge >= 0.3 is 7.82 Å². The van der Waals surface area contributed by atoms with Gasteiger partial charge in [-0.15, -0.1) is 0 Å². The Morgan fingerprint density at radius 2 is 0.656 bits per heavy atom. The van der Waals surface area contributed by atoms with E-state index in [1.807, 2.05) is 0 Å². The molecule has 0 rings (SSSR count). The van der Waals surface area contributed by atoms with E-state index in [0.717, 1.165) is 0 Å². The first-order chi connectivity index (χ1) is 14.5. The summed E-state index contributed by atoms with van der Waals surface area (Å²) in [7, 11) is -4.62. The highest BCUT2D eigenvalue weighted by atomic mass is 31.2. The quantitative estimate of drug-likeness (QED) is 0.287. The molecule has 0 atom stereocenters. The van der Waals surface area contributed by atoms with E-state index in [1.165, 1.54) is 0 Å². The lowest BCUT2D eigenvalue weighted by Crippen LogP contribution is -2.48. The minimum absolute atomic E-state index is 0.364. The lowest BCUT2D eigenvalue weighted by Gasteiger charge is -2.44. The molecule has 0 amide bonds. The molecule has 0 saturated carbocycles. The van der Waals surface area contributed by atoms with Gasteiger partial charge in [0.2, 0.25) is 0 Å². The highest BCUT2D eigenvalue weighted by Crippen LogP contribution is 2.63. The van der Waals surface area contributed by atoms with Crippen molar-refractivity contribution in [3.63, 3.8) is 0 Å². The standard InChI is InChI=1S/C24H42N3O4P/c1-16(2)22(13-25,17(3)4)29-32(28,30-23(14-26,18(5)6)19(7)8)31-24(15-27,20(9)10)21(11)12/h16-21H,1-12H3. The Morgan fingerprint density at radius 1 is 0.500 bits per heavy atom. The number of phosphoric ester groups is 1. The Hall–Kier alpha value is -1.42. The van der Waals surface area contributed by atoms with Crippen LogP contribution in [0.15, 0.2) is 0 Å². The Labute approximate surface area is 195 Å². The topological polar surface area (TPSA) is 116 Å². The van der Waals surface area contributed by atoms with E-state index < -0.39 is 24.6 Å². The van der Waals surface area contributed by atoms with Gasteiger partial charge in [-0.2, -0.15) is 15.8 Å². The van der Waals surface area contributed by atoms with Gasteiger partial charge in [0, 0.05) is 0 Å². The molecular formula is C24H42N3O4P. The van der Waals surface area contributed by atoms with Gasteiger partial charge in [-0.1, -0.05) is 83.1 Å². The van der Waals surface area contributed by atoms with Crippen LogP contribution in [-0.4, -0.2) is 16.8 Å².